The van der Waals surface area contributed by atoms with Gasteiger partial charge >= 0.3 is 0 Å². The number of halogens is 2. The van der Waals surface area contributed by atoms with Gasteiger partial charge < -0.3 is 4.74 Å². The lowest BCUT2D eigenvalue weighted by atomic mass is 10.1. The topological polar surface area (TPSA) is 22.1 Å². The molecule has 0 N–H and O–H groups in total. The number of methoxy groups -OCH3 is 1. The summed E-state index contributed by atoms with van der Waals surface area (Å²) in [6.45, 7) is 0. The van der Waals surface area contributed by atoms with Gasteiger partial charge in [0, 0.05) is 21.8 Å². The number of nitrogens with zero attached hydrogens (tertiary/aromatic N) is 1. The molecule has 0 saturated heterocycles. The number of benzene rings is 2. The Morgan fingerprint density at radius 1 is 1.29 bits per heavy atom. The quantitative estimate of drug-likeness (QED) is 0.545. The van der Waals surface area contributed by atoms with E-state index in [1.807, 2.05) is 36.4 Å². The number of aromatic nitrogens is 1. The number of ether oxygens (including phenoxy) is 1. The number of alkyl halides is 1. The van der Waals surface area contributed by atoms with Crippen molar-refractivity contribution >= 4 is 49.1 Å². The molecule has 3 aromatic rings. The number of hydrogen-bond donors (Lipinski definition) is 0. The van der Waals surface area contributed by atoms with Gasteiger partial charge in [-0.3, -0.25) is 0 Å². The molecule has 0 saturated carbocycles. The smallest absolute Gasteiger partial charge is 0.123 e. The van der Waals surface area contributed by atoms with Crippen LogP contribution in [-0.4, -0.2) is 12.1 Å². The van der Waals surface area contributed by atoms with Crippen LogP contribution in [-0.2, 0) is 6.42 Å². The molecule has 1 aromatic heterocycles. The predicted molar refractivity (Wildman–Crippen MR) is 93.0 cm³/mol. The number of fused-ring (bicyclic) bond motifs is 1. The Labute approximate surface area is 140 Å². The van der Waals surface area contributed by atoms with Crippen LogP contribution in [0, 0.1) is 0 Å². The molecule has 0 aliphatic heterocycles. The van der Waals surface area contributed by atoms with Crippen molar-refractivity contribution in [2.45, 2.75) is 11.2 Å². The second-order valence-corrected chi connectivity index (χ2v) is 7.29. The van der Waals surface area contributed by atoms with Crippen LogP contribution < -0.4 is 4.74 Å². The summed E-state index contributed by atoms with van der Waals surface area (Å²) in [4.78, 5) is 4.79. The van der Waals surface area contributed by atoms with Crippen molar-refractivity contribution in [2.75, 3.05) is 7.11 Å². The van der Waals surface area contributed by atoms with Gasteiger partial charge in [0.05, 0.1) is 22.3 Å². The molecule has 108 valence electrons. The molecule has 1 unspecified atom stereocenters. The van der Waals surface area contributed by atoms with Crippen molar-refractivity contribution < 1.29 is 4.74 Å². The van der Waals surface area contributed by atoms with E-state index in [2.05, 4.69) is 27.0 Å². The standard InChI is InChI=1S/C16H13BrClNOS/c1-20-14-7-6-10(18)8-11(14)12(17)9-16-19-13-4-2-3-5-15(13)21-16/h2-8,12H,9H2,1H3. The van der Waals surface area contributed by atoms with E-state index in [1.165, 1.54) is 4.70 Å². The number of thiazole rings is 1. The van der Waals surface area contributed by atoms with Crippen molar-refractivity contribution in [1.29, 1.82) is 0 Å². The second kappa shape index (κ2) is 6.34. The van der Waals surface area contributed by atoms with Crippen LogP contribution in [0.1, 0.15) is 15.4 Å². The molecule has 1 heterocycles. The maximum atomic E-state index is 6.10. The SMILES string of the molecule is COc1ccc(Cl)cc1C(Br)Cc1nc2ccccc2s1. The Kier molecular flexibility index (Phi) is 4.48. The van der Waals surface area contributed by atoms with E-state index >= 15 is 0 Å². The highest BCUT2D eigenvalue weighted by molar-refractivity contribution is 9.09. The van der Waals surface area contributed by atoms with Crippen LogP contribution in [0.2, 0.25) is 5.02 Å². The molecule has 5 heteroatoms. The highest BCUT2D eigenvalue weighted by Gasteiger charge is 2.16. The number of rotatable bonds is 4. The lowest BCUT2D eigenvalue weighted by Crippen LogP contribution is -1.98. The maximum Gasteiger partial charge on any atom is 0.123 e. The van der Waals surface area contributed by atoms with Gasteiger partial charge in [0.15, 0.2) is 0 Å². The Balaban J connectivity index is 1.88. The molecule has 0 bridgehead atoms. The molecular weight excluding hydrogens is 370 g/mol. The summed E-state index contributed by atoms with van der Waals surface area (Å²) in [6, 6.07) is 13.9. The third-order valence-corrected chi connectivity index (χ3v) is 5.33. The molecule has 2 aromatic carbocycles. The minimum absolute atomic E-state index is 0.117. The molecule has 21 heavy (non-hydrogen) atoms. The summed E-state index contributed by atoms with van der Waals surface area (Å²) in [5.41, 5.74) is 2.10. The molecule has 0 spiro atoms. The molecule has 2 nitrogen and oxygen atoms in total. The first-order valence-electron chi connectivity index (χ1n) is 6.49. The zero-order valence-corrected chi connectivity index (χ0v) is 14.5. The van der Waals surface area contributed by atoms with E-state index in [0.29, 0.717) is 5.02 Å². The Morgan fingerprint density at radius 3 is 2.86 bits per heavy atom. The number of para-hydroxylation sites is 1. The molecule has 3 rings (SSSR count). The third-order valence-electron chi connectivity index (χ3n) is 3.22. The van der Waals surface area contributed by atoms with Crippen LogP contribution in [0.4, 0.5) is 0 Å². The van der Waals surface area contributed by atoms with Gasteiger partial charge in [-0.25, -0.2) is 4.98 Å². The summed E-state index contributed by atoms with van der Waals surface area (Å²) < 4.78 is 6.63. The Hall–Kier alpha value is -1.10. The first-order chi connectivity index (χ1) is 10.2. The Bertz CT molecular complexity index is 741. The van der Waals surface area contributed by atoms with Gasteiger partial charge in [-0.05, 0) is 30.3 Å². The average molecular weight is 383 g/mol. The molecule has 0 amide bonds. The minimum atomic E-state index is 0.117. The number of hydrogen-bond acceptors (Lipinski definition) is 3. The normalized spacial score (nSPS) is 12.5. The largest absolute Gasteiger partial charge is 0.496 e. The fraction of sp³-hybridized carbons (Fsp3) is 0.188. The summed E-state index contributed by atoms with van der Waals surface area (Å²) in [5, 5.41) is 1.81. The first-order valence-corrected chi connectivity index (χ1v) is 8.60. The van der Waals surface area contributed by atoms with Crippen molar-refractivity contribution in [3.05, 3.63) is 58.1 Å². The van der Waals surface area contributed by atoms with E-state index in [4.69, 9.17) is 16.3 Å². The summed E-state index contributed by atoms with van der Waals surface area (Å²) in [5.74, 6) is 0.836. The molecule has 0 radical (unpaired) electrons. The summed E-state index contributed by atoms with van der Waals surface area (Å²) >= 11 is 11.6. The summed E-state index contributed by atoms with van der Waals surface area (Å²) in [7, 11) is 1.67. The maximum absolute atomic E-state index is 6.10. The average Bonchev–Trinajstić information content (AvgIpc) is 2.89. The lowest BCUT2D eigenvalue weighted by Gasteiger charge is -2.13. The van der Waals surface area contributed by atoms with Crippen LogP contribution >= 0.6 is 38.9 Å². The molecule has 0 aliphatic carbocycles. The van der Waals surface area contributed by atoms with Crippen molar-refractivity contribution in [1.82, 2.24) is 4.98 Å². The molecule has 1 atom stereocenters. The van der Waals surface area contributed by atoms with Gasteiger partial charge in [-0.15, -0.1) is 11.3 Å². The zero-order valence-electron chi connectivity index (χ0n) is 11.3. The van der Waals surface area contributed by atoms with Crippen LogP contribution in [0.25, 0.3) is 10.2 Å². The first kappa shape index (κ1) is 14.8. The molecular formula is C16H13BrClNOS. The van der Waals surface area contributed by atoms with Crippen molar-refractivity contribution in [2.24, 2.45) is 0 Å². The minimum Gasteiger partial charge on any atom is -0.496 e. The second-order valence-electron chi connectivity index (χ2n) is 4.63. The van der Waals surface area contributed by atoms with Crippen molar-refractivity contribution in [3.63, 3.8) is 0 Å². The fourth-order valence-electron chi connectivity index (χ4n) is 2.22. The van der Waals surface area contributed by atoms with E-state index in [9.17, 15) is 0 Å². The molecule has 0 fully saturated rings. The van der Waals surface area contributed by atoms with Crippen LogP contribution in [0.3, 0.4) is 0 Å². The van der Waals surface area contributed by atoms with Gasteiger partial charge in [0.25, 0.3) is 0 Å². The Morgan fingerprint density at radius 2 is 2.10 bits per heavy atom. The van der Waals surface area contributed by atoms with Crippen LogP contribution in [0.5, 0.6) is 5.75 Å². The van der Waals surface area contributed by atoms with Gasteiger partial charge in [-0.1, -0.05) is 39.7 Å². The van der Waals surface area contributed by atoms with Gasteiger partial charge in [-0.2, -0.15) is 0 Å². The lowest BCUT2D eigenvalue weighted by molar-refractivity contribution is 0.409. The fourth-order valence-corrected chi connectivity index (χ4v) is 4.29. The van der Waals surface area contributed by atoms with E-state index in [0.717, 1.165) is 28.3 Å². The van der Waals surface area contributed by atoms with Gasteiger partial charge in [0.2, 0.25) is 0 Å². The van der Waals surface area contributed by atoms with E-state index in [1.54, 1.807) is 18.4 Å². The summed E-state index contributed by atoms with van der Waals surface area (Å²) in [6.07, 6.45) is 0.802. The highest BCUT2D eigenvalue weighted by Crippen LogP contribution is 2.37. The third kappa shape index (κ3) is 3.23. The highest BCUT2D eigenvalue weighted by atomic mass is 79.9. The predicted octanol–water partition coefficient (Wildman–Crippen LogP) is 5.64. The van der Waals surface area contributed by atoms with E-state index < -0.39 is 0 Å². The van der Waals surface area contributed by atoms with Crippen molar-refractivity contribution in [3.8, 4) is 5.75 Å². The van der Waals surface area contributed by atoms with Crippen LogP contribution in [0.15, 0.2) is 42.5 Å². The van der Waals surface area contributed by atoms with Gasteiger partial charge in [0.1, 0.15) is 5.75 Å². The zero-order chi connectivity index (χ0) is 14.8. The van der Waals surface area contributed by atoms with E-state index in [-0.39, 0.29) is 4.83 Å². The monoisotopic (exact) mass is 381 g/mol. The molecule has 0 aliphatic rings.